The number of rotatable bonds is 6. The lowest BCUT2D eigenvalue weighted by atomic mass is 10.1. The third-order valence-corrected chi connectivity index (χ3v) is 3.54. The number of benzene rings is 2. The van der Waals surface area contributed by atoms with Gasteiger partial charge in [0.2, 0.25) is 0 Å². The van der Waals surface area contributed by atoms with Gasteiger partial charge in [0.05, 0.1) is 19.3 Å². The lowest BCUT2D eigenvalue weighted by molar-refractivity contribution is -0.137. The van der Waals surface area contributed by atoms with Crippen LogP contribution in [0.4, 0.5) is 18.9 Å². The number of alkyl halides is 3. The lowest BCUT2D eigenvalue weighted by Gasteiger charge is -2.13. The van der Waals surface area contributed by atoms with E-state index < -0.39 is 17.6 Å². The second-order valence-corrected chi connectivity index (χ2v) is 5.37. The minimum Gasteiger partial charge on any atom is -0.493 e. The zero-order chi connectivity index (χ0) is 19.3. The number of carbonyl (C=O) groups excluding carboxylic acids is 1. The third kappa shape index (κ3) is 4.66. The van der Waals surface area contributed by atoms with Gasteiger partial charge in [0.25, 0.3) is 5.91 Å². The molecule has 0 atom stereocenters. The molecule has 3 N–H and O–H groups in total. The van der Waals surface area contributed by atoms with Crippen molar-refractivity contribution in [3.8, 4) is 11.5 Å². The second-order valence-electron chi connectivity index (χ2n) is 5.37. The molecular formula is C18H19F3N2O3. The van der Waals surface area contributed by atoms with E-state index >= 15 is 0 Å². The molecule has 0 spiro atoms. The van der Waals surface area contributed by atoms with Gasteiger partial charge < -0.3 is 20.5 Å². The van der Waals surface area contributed by atoms with E-state index in [2.05, 4.69) is 5.32 Å². The maximum absolute atomic E-state index is 13.0. The van der Waals surface area contributed by atoms with Crippen LogP contribution < -0.4 is 20.5 Å². The molecular weight excluding hydrogens is 349 g/mol. The van der Waals surface area contributed by atoms with Crippen LogP contribution in [0.25, 0.3) is 0 Å². The Labute approximate surface area is 148 Å². The normalized spacial score (nSPS) is 11.2. The largest absolute Gasteiger partial charge is 0.493 e. The van der Waals surface area contributed by atoms with Crippen LogP contribution in [0.2, 0.25) is 0 Å². The van der Waals surface area contributed by atoms with Gasteiger partial charge in [-0.25, -0.2) is 0 Å². The van der Waals surface area contributed by atoms with Crippen LogP contribution in [0, 0.1) is 0 Å². The zero-order valence-electron chi connectivity index (χ0n) is 14.3. The second kappa shape index (κ2) is 8.09. The number of anilines is 1. The third-order valence-electron chi connectivity index (χ3n) is 3.54. The van der Waals surface area contributed by atoms with Crippen molar-refractivity contribution < 1.29 is 27.4 Å². The molecule has 0 aliphatic heterocycles. The van der Waals surface area contributed by atoms with Gasteiger partial charge >= 0.3 is 6.18 Å². The zero-order valence-corrected chi connectivity index (χ0v) is 14.3. The number of hydrogen-bond donors (Lipinski definition) is 2. The van der Waals surface area contributed by atoms with Crippen LogP contribution in [0.15, 0.2) is 36.4 Å². The van der Waals surface area contributed by atoms with Crippen molar-refractivity contribution in [2.45, 2.75) is 19.6 Å². The molecule has 1 amide bonds. The summed E-state index contributed by atoms with van der Waals surface area (Å²) in [7, 11) is 1.43. The van der Waals surface area contributed by atoms with Crippen LogP contribution in [0.1, 0.15) is 28.4 Å². The number of nitrogens with two attached hydrogens (primary N) is 1. The summed E-state index contributed by atoms with van der Waals surface area (Å²) in [5.74, 6) is 0.246. The van der Waals surface area contributed by atoms with Gasteiger partial charge in [0.1, 0.15) is 0 Å². The van der Waals surface area contributed by atoms with E-state index in [0.29, 0.717) is 18.1 Å². The summed E-state index contributed by atoms with van der Waals surface area (Å²) < 4.78 is 49.5. The smallest absolute Gasteiger partial charge is 0.416 e. The van der Waals surface area contributed by atoms with Crippen molar-refractivity contribution in [3.63, 3.8) is 0 Å². The SMILES string of the molecule is CCOc1ccc(C(=O)Nc2cc(CN)cc(C(F)(F)F)c2)cc1OC. The highest BCUT2D eigenvalue weighted by Gasteiger charge is 2.31. The van der Waals surface area contributed by atoms with Gasteiger partial charge in [-0.15, -0.1) is 0 Å². The van der Waals surface area contributed by atoms with Gasteiger partial charge in [0, 0.05) is 17.8 Å². The summed E-state index contributed by atoms with van der Waals surface area (Å²) >= 11 is 0. The topological polar surface area (TPSA) is 73.6 Å². The van der Waals surface area contributed by atoms with Crippen molar-refractivity contribution >= 4 is 11.6 Å². The first-order valence-electron chi connectivity index (χ1n) is 7.82. The summed E-state index contributed by atoms with van der Waals surface area (Å²) in [6, 6.07) is 7.74. The molecule has 0 unspecified atom stereocenters. The molecule has 0 aliphatic carbocycles. The monoisotopic (exact) mass is 368 g/mol. The Morgan fingerprint density at radius 1 is 1.15 bits per heavy atom. The van der Waals surface area contributed by atoms with E-state index in [1.54, 1.807) is 6.07 Å². The highest BCUT2D eigenvalue weighted by atomic mass is 19.4. The highest BCUT2D eigenvalue weighted by molar-refractivity contribution is 6.04. The first kappa shape index (κ1) is 19.6. The Hall–Kier alpha value is -2.74. The molecule has 2 rings (SSSR count). The molecule has 8 heteroatoms. The molecule has 2 aromatic rings. The Balaban J connectivity index is 2.29. The fraction of sp³-hybridized carbons (Fsp3) is 0.278. The maximum Gasteiger partial charge on any atom is 0.416 e. The summed E-state index contributed by atoms with van der Waals surface area (Å²) in [5.41, 5.74) is 5.07. The van der Waals surface area contributed by atoms with Crippen LogP contribution in [0.3, 0.4) is 0 Å². The quantitative estimate of drug-likeness (QED) is 0.813. The average molecular weight is 368 g/mol. The molecule has 26 heavy (non-hydrogen) atoms. The number of methoxy groups -OCH3 is 1. The van der Waals surface area contributed by atoms with E-state index in [4.69, 9.17) is 15.2 Å². The number of amides is 1. The van der Waals surface area contributed by atoms with Crippen LogP contribution >= 0.6 is 0 Å². The van der Waals surface area contributed by atoms with E-state index in [-0.39, 0.29) is 23.4 Å². The number of halogens is 3. The molecule has 5 nitrogen and oxygen atoms in total. The molecule has 0 aromatic heterocycles. The van der Waals surface area contributed by atoms with Crippen molar-refractivity contribution in [2.24, 2.45) is 5.73 Å². The fourth-order valence-electron chi connectivity index (χ4n) is 2.33. The standard InChI is InChI=1S/C18H19F3N2O3/c1-3-26-15-5-4-12(8-16(15)25-2)17(24)23-14-7-11(10-22)6-13(9-14)18(19,20)21/h4-9H,3,10,22H2,1-2H3,(H,23,24). The van der Waals surface area contributed by atoms with Crippen molar-refractivity contribution in [1.82, 2.24) is 0 Å². The Bertz CT molecular complexity index is 792. The predicted molar refractivity (Wildman–Crippen MR) is 91.5 cm³/mol. The number of ether oxygens (including phenoxy) is 2. The molecule has 0 saturated heterocycles. The van der Waals surface area contributed by atoms with Gasteiger partial charge in [-0.05, 0) is 48.9 Å². The van der Waals surface area contributed by atoms with Gasteiger partial charge in [-0.1, -0.05) is 0 Å². The molecule has 2 aromatic carbocycles. The number of hydrogen-bond acceptors (Lipinski definition) is 4. The Morgan fingerprint density at radius 2 is 1.88 bits per heavy atom. The van der Waals surface area contributed by atoms with Crippen LogP contribution in [0.5, 0.6) is 11.5 Å². The molecule has 0 fully saturated rings. The van der Waals surface area contributed by atoms with Crippen LogP contribution in [-0.4, -0.2) is 19.6 Å². The van der Waals surface area contributed by atoms with E-state index in [1.807, 2.05) is 6.92 Å². The molecule has 0 bridgehead atoms. The predicted octanol–water partition coefficient (Wildman–Crippen LogP) is 3.82. The van der Waals surface area contributed by atoms with E-state index in [9.17, 15) is 18.0 Å². The van der Waals surface area contributed by atoms with Gasteiger partial charge in [-0.3, -0.25) is 4.79 Å². The van der Waals surface area contributed by atoms with Crippen molar-refractivity contribution in [3.05, 3.63) is 53.1 Å². The van der Waals surface area contributed by atoms with Gasteiger partial charge in [-0.2, -0.15) is 13.2 Å². The van der Waals surface area contributed by atoms with Crippen molar-refractivity contribution in [1.29, 1.82) is 0 Å². The maximum atomic E-state index is 13.0. The molecule has 140 valence electrons. The van der Waals surface area contributed by atoms with Crippen LogP contribution in [-0.2, 0) is 12.7 Å². The Morgan fingerprint density at radius 3 is 2.46 bits per heavy atom. The van der Waals surface area contributed by atoms with Gasteiger partial charge in [0.15, 0.2) is 11.5 Å². The number of carbonyl (C=O) groups is 1. The first-order valence-corrected chi connectivity index (χ1v) is 7.82. The molecule has 0 heterocycles. The van der Waals surface area contributed by atoms with E-state index in [0.717, 1.165) is 12.1 Å². The summed E-state index contributed by atoms with van der Waals surface area (Å²) in [4.78, 5) is 12.4. The molecule has 0 aliphatic rings. The summed E-state index contributed by atoms with van der Waals surface area (Å²) in [6.45, 7) is 2.15. The summed E-state index contributed by atoms with van der Waals surface area (Å²) in [5, 5.41) is 2.46. The minimum absolute atomic E-state index is 0.0122. The minimum atomic E-state index is -4.53. The highest BCUT2D eigenvalue weighted by Crippen LogP contribution is 2.32. The lowest BCUT2D eigenvalue weighted by Crippen LogP contribution is -2.14. The van der Waals surface area contributed by atoms with E-state index in [1.165, 1.54) is 25.3 Å². The fourth-order valence-corrected chi connectivity index (χ4v) is 2.33. The first-order chi connectivity index (χ1) is 12.3. The average Bonchev–Trinajstić information content (AvgIpc) is 2.61. The molecule has 0 saturated carbocycles. The van der Waals surface area contributed by atoms with Crippen molar-refractivity contribution in [2.75, 3.05) is 19.0 Å². The Kier molecular flexibility index (Phi) is 6.10. The molecule has 0 radical (unpaired) electrons. The summed E-state index contributed by atoms with van der Waals surface area (Å²) in [6.07, 6.45) is -4.53. The number of nitrogens with one attached hydrogen (secondary N) is 1.